The first-order chi connectivity index (χ1) is 16.4. The quantitative estimate of drug-likeness (QED) is 0.141. The second-order valence-electron chi connectivity index (χ2n) is 10.5. The molecule has 1 N–H and O–H groups in total. The van der Waals surface area contributed by atoms with E-state index in [-0.39, 0.29) is 0 Å². The van der Waals surface area contributed by atoms with Crippen molar-refractivity contribution in [1.29, 1.82) is 0 Å². The molecule has 0 saturated heterocycles. The van der Waals surface area contributed by atoms with Gasteiger partial charge in [0.2, 0.25) is 0 Å². The predicted molar refractivity (Wildman–Crippen MR) is 146 cm³/mol. The normalized spacial score (nSPS) is 15.1. The van der Waals surface area contributed by atoms with E-state index in [9.17, 15) is 5.11 Å². The highest BCUT2D eigenvalue weighted by Crippen LogP contribution is 2.58. The van der Waals surface area contributed by atoms with Gasteiger partial charge in [-0.1, -0.05) is 98.4 Å². The number of hydrogen-bond acceptors (Lipinski definition) is 1. The van der Waals surface area contributed by atoms with Gasteiger partial charge >= 0.3 is 0 Å². The summed E-state index contributed by atoms with van der Waals surface area (Å²) < 4.78 is 0. The molecule has 0 saturated carbocycles. The van der Waals surface area contributed by atoms with Gasteiger partial charge in [-0.05, 0) is 61.0 Å². The summed E-state index contributed by atoms with van der Waals surface area (Å²) in [4.78, 5) is 0. The van der Waals surface area contributed by atoms with Crippen LogP contribution in [0.25, 0.3) is 54.9 Å². The Bertz CT molecular complexity index is 1760. The number of hydrogen-bond donors (Lipinski definition) is 1. The highest BCUT2D eigenvalue weighted by Gasteiger charge is 2.37. The average Bonchev–Trinajstić information content (AvgIpc) is 3.32. The van der Waals surface area contributed by atoms with E-state index in [2.05, 4.69) is 104 Å². The van der Waals surface area contributed by atoms with E-state index < -0.39 is 14.2 Å². The molecule has 1 nitrogen and oxygen atoms in total. The molecule has 2 aliphatic carbocycles. The van der Waals surface area contributed by atoms with Gasteiger partial charge in [0.25, 0.3) is 0 Å². The standard InChI is InChI=1S/C32H24OSi/c1-34(2,3)17-16-25-27-22-13-7-6-12-21(22)26-18-19-10-4-5-11-20(19)28(30(26)27)29-23-14-8-9-15-24(23)32(33)31(25)29/h4-15,18,32-33H,1-3H3. The van der Waals surface area contributed by atoms with Gasteiger partial charge in [0.1, 0.15) is 14.2 Å². The Labute approximate surface area is 200 Å². The van der Waals surface area contributed by atoms with Crippen LogP contribution in [-0.2, 0) is 0 Å². The lowest BCUT2D eigenvalue weighted by Crippen LogP contribution is -2.16. The van der Waals surface area contributed by atoms with Crippen LogP contribution in [0.15, 0.2) is 78.9 Å². The van der Waals surface area contributed by atoms with Crippen molar-refractivity contribution in [3.63, 3.8) is 0 Å². The maximum Gasteiger partial charge on any atom is 0.129 e. The van der Waals surface area contributed by atoms with Gasteiger partial charge in [0.05, 0.1) is 0 Å². The summed E-state index contributed by atoms with van der Waals surface area (Å²) >= 11 is 0. The minimum atomic E-state index is -1.64. The molecule has 34 heavy (non-hydrogen) atoms. The van der Waals surface area contributed by atoms with E-state index in [4.69, 9.17) is 0 Å². The fourth-order valence-electron chi connectivity index (χ4n) is 5.86. The molecule has 0 aliphatic heterocycles. The van der Waals surface area contributed by atoms with Gasteiger partial charge < -0.3 is 5.11 Å². The lowest BCUT2D eigenvalue weighted by atomic mass is 9.86. The predicted octanol–water partition coefficient (Wildman–Crippen LogP) is 7.93. The van der Waals surface area contributed by atoms with E-state index in [1.807, 2.05) is 6.07 Å². The summed E-state index contributed by atoms with van der Waals surface area (Å²) in [5, 5.41) is 16.7. The minimum absolute atomic E-state index is 0.673. The lowest BCUT2D eigenvalue weighted by molar-refractivity contribution is 0.225. The van der Waals surface area contributed by atoms with E-state index in [0.29, 0.717) is 0 Å². The first kappa shape index (κ1) is 19.8. The van der Waals surface area contributed by atoms with E-state index in [1.165, 1.54) is 43.8 Å². The average molecular weight is 453 g/mol. The summed E-state index contributed by atoms with van der Waals surface area (Å²) in [6.45, 7) is 6.83. The zero-order chi connectivity index (χ0) is 23.2. The van der Waals surface area contributed by atoms with Gasteiger partial charge in [0, 0.05) is 16.7 Å². The molecule has 2 aliphatic rings. The number of fused-ring (bicyclic) bond motifs is 9. The van der Waals surface area contributed by atoms with Crippen LogP contribution >= 0.6 is 0 Å². The number of benzene rings is 5. The van der Waals surface area contributed by atoms with E-state index >= 15 is 0 Å². The Balaban J connectivity index is 1.79. The Morgan fingerprint density at radius 1 is 0.706 bits per heavy atom. The zero-order valence-corrected chi connectivity index (χ0v) is 20.5. The van der Waals surface area contributed by atoms with Crippen LogP contribution in [0.5, 0.6) is 0 Å². The van der Waals surface area contributed by atoms with Crippen LogP contribution in [-0.4, -0.2) is 13.2 Å². The third-order valence-corrected chi connectivity index (χ3v) is 8.06. The van der Waals surface area contributed by atoms with Crippen molar-refractivity contribution in [3.05, 3.63) is 95.6 Å². The minimum Gasteiger partial charge on any atom is -0.384 e. The molecular weight excluding hydrogens is 428 g/mol. The molecule has 162 valence electrons. The molecule has 0 bridgehead atoms. The second-order valence-corrected chi connectivity index (χ2v) is 15.2. The van der Waals surface area contributed by atoms with Crippen molar-refractivity contribution < 1.29 is 5.11 Å². The SMILES string of the molecule is C[Si](C)(C)C#Cc1c2c(c3c4c(cc5ccccc53)-c3ccccc3-c14)-c1ccccc1C2O. The van der Waals surface area contributed by atoms with Crippen LogP contribution < -0.4 is 0 Å². The third kappa shape index (κ3) is 2.54. The van der Waals surface area contributed by atoms with Gasteiger partial charge in [-0.25, -0.2) is 0 Å². The van der Waals surface area contributed by atoms with Crippen LogP contribution in [0.1, 0.15) is 22.8 Å². The molecule has 1 atom stereocenters. The molecule has 0 amide bonds. The topological polar surface area (TPSA) is 20.2 Å². The van der Waals surface area contributed by atoms with Crippen LogP contribution in [0, 0.1) is 11.5 Å². The fraction of sp³-hybridized carbons (Fsp3) is 0.125. The van der Waals surface area contributed by atoms with Crippen LogP contribution in [0.3, 0.4) is 0 Å². The molecule has 5 aromatic rings. The molecule has 7 rings (SSSR count). The maximum absolute atomic E-state index is 11.7. The highest BCUT2D eigenvalue weighted by atomic mass is 28.3. The molecular formula is C32H24OSi. The van der Waals surface area contributed by atoms with Crippen molar-refractivity contribution >= 4 is 29.6 Å². The smallest absolute Gasteiger partial charge is 0.129 e. The van der Waals surface area contributed by atoms with Crippen LogP contribution in [0.4, 0.5) is 0 Å². The number of aliphatic hydroxyl groups is 1. The van der Waals surface area contributed by atoms with Gasteiger partial charge in [-0.15, -0.1) is 5.54 Å². The Kier molecular flexibility index (Phi) is 3.90. The summed E-state index contributed by atoms with van der Waals surface area (Å²) in [5.74, 6) is 3.64. The van der Waals surface area contributed by atoms with Gasteiger partial charge in [-0.3, -0.25) is 0 Å². The van der Waals surface area contributed by atoms with Crippen molar-refractivity contribution in [2.24, 2.45) is 0 Å². The summed E-state index contributed by atoms with van der Waals surface area (Å²) in [6.07, 6.45) is -0.673. The van der Waals surface area contributed by atoms with Crippen molar-refractivity contribution in [2.45, 2.75) is 25.7 Å². The largest absolute Gasteiger partial charge is 0.384 e. The molecule has 0 fully saturated rings. The zero-order valence-electron chi connectivity index (χ0n) is 19.5. The molecule has 0 aromatic heterocycles. The van der Waals surface area contributed by atoms with Gasteiger partial charge in [0.15, 0.2) is 0 Å². The van der Waals surface area contributed by atoms with Crippen LogP contribution in [0.2, 0.25) is 19.6 Å². The first-order valence-electron chi connectivity index (χ1n) is 11.9. The fourth-order valence-corrected chi connectivity index (χ4v) is 6.36. The molecule has 1 unspecified atom stereocenters. The number of rotatable bonds is 0. The van der Waals surface area contributed by atoms with Crippen molar-refractivity contribution in [2.75, 3.05) is 0 Å². The summed E-state index contributed by atoms with van der Waals surface area (Å²) in [5.41, 5.74) is 13.8. The third-order valence-electron chi connectivity index (χ3n) is 7.19. The van der Waals surface area contributed by atoms with Crippen molar-refractivity contribution in [3.8, 4) is 44.8 Å². The Morgan fingerprint density at radius 3 is 2.18 bits per heavy atom. The lowest BCUT2D eigenvalue weighted by Gasteiger charge is -2.18. The molecule has 0 radical (unpaired) electrons. The number of aliphatic hydroxyl groups excluding tert-OH is 1. The van der Waals surface area contributed by atoms with Gasteiger partial charge in [-0.2, -0.15) is 0 Å². The molecule has 0 spiro atoms. The second kappa shape index (κ2) is 6.70. The Hall–Kier alpha value is -3.64. The first-order valence-corrected chi connectivity index (χ1v) is 15.4. The maximum atomic E-state index is 11.7. The van der Waals surface area contributed by atoms with E-state index in [1.54, 1.807) is 0 Å². The summed E-state index contributed by atoms with van der Waals surface area (Å²) in [6, 6.07) is 28.0. The van der Waals surface area contributed by atoms with E-state index in [0.717, 1.165) is 27.8 Å². The highest BCUT2D eigenvalue weighted by molar-refractivity contribution is 6.83. The summed E-state index contributed by atoms with van der Waals surface area (Å²) in [7, 11) is -1.64. The van der Waals surface area contributed by atoms with Crippen molar-refractivity contribution in [1.82, 2.24) is 0 Å². The monoisotopic (exact) mass is 452 g/mol. The Morgan fingerprint density at radius 2 is 1.38 bits per heavy atom. The molecule has 0 heterocycles. The molecule has 5 aromatic carbocycles. The molecule has 2 heteroatoms.